The molecule has 0 atom stereocenters. The Morgan fingerprint density at radius 2 is 2.12 bits per heavy atom. The summed E-state index contributed by atoms with van der Waals surface area (Å²) in [6.45, 7) is 4.00. The first-order chi connectivity index (χ1) is 8.22. The highest BCUT2D eigenvalue weighted by Gasteiger charge is 2.18. The van der Waals surface area contributed by atoms with Gasteiger partial charge in [-0.1, -0.05) is 0 Å². The van der Waals surface area contributed by atoms with Crippen LogP contribution in [0.15, 0.2) is 18.2 Å². The smallest absolute Gasteiger partial charge is 0.338 e. The number of benzene rings is 1. The molecule has 1 aliphatic rings. The third-order valence-corrected chi connectivity index (χ3v) is 2.93. The van der Waals surface area contributed by atoms with Crippen molar-refractivity contribution < 1.29 is 14.6 Å². The highest BCUT2D eigenvalue weighted by molar-refractivity contribution is 5.91. The second-order valence-electron chi connectivity index (χ2n) is 4.12. The average Bonchev–Trinajstić information content (AvgIpc) is 2.83. The van der Waals surface area contributed by atoms with Crippen molar-refractivity contribution in [2.75, 3.05) is 24.6 Å². The number of carbonyl (C=O) groups is 1. The highest BCUT2D eigenvalue weighted by atomic mass is 16.5. The van der Waals surface area contributed by atoms with Crippen molar-refractivity contribution in [2.24, 2.45) is 0 Å². The van der Waals surface area contributed by atoms with E-state index in [0.29, 0.717) is 12.2 Å². The van der Waals surface area contributed by atoms with Gasteiger partial charge >= 0.3 is 5.97 Å². The van der Waals surface area contributed by atoms with Crippen LogP contribution in [-0.4, -0.2) is 30.8 Å². The maximum Gasteiger partial charge on any atom is 0.338 e. The Labute approximate surface area is 101 Å². The van der Waals surface area contributed by atoms with Gasteiger partial charge in [0.2, 0.25) is 0 Å². The highest BCUT2D eigenvalue weighted by Crippen LogP contribution is 2.31. The van der Waals surface area contributed by atoms with E-state index in [-0.39, 0.29) is 11.7 Å². The van der Waals surface area contributed by atoms with Crippen LogP contribution in [0, 0.1) is 0 Å². The SMILES string of the molecule is CCOC(=O)c1ccc(O)c(N2CCCC2)c1. The molecule has 0 bridgehead atoms. The first-order valence-corrected chi connectivity index (χ1v) is 5.97. The number of ether oxygens (including phenoxy) is 1. The molecule has 0 amide bonds. The van der Waals surface area contributed by atoms with Gasteiger partial charge in [-0.05, 0) is 38.0 Å². The molecule has 1 heterocycles. The molecule has 0 spiro atoms. The van der Waals surface area contributed by atoms with Gasteiger partial charge in [0.25, 0.3) is 0 Å². The molecular weight excluding hydrogens is 218 g/mol. The lowest BCUT2D eigenvalue weighted by molar-refractivity contribution is 0.0526. The predicted octanol–water partition coefficient (Wildman–Crippen LogP) is 2.17. The van der Waals surface area contributed by atoms with Crippen LogP contribution in [0.2, 0.25) is 0 Å². The van der Waals surface area contributed by atoms with Gasteiger partial charge in [0.1, 0.15) is 5.75 Å². The van der Waals surface area contributed by atoms with Crippen LogP contribution >= 0.6 is 0 Å². The number of aromatic hydroxyl groups is 1. The maximum atomic E-state index is 11.6. The van der Waals surface area contributed by atoms with Crippen molar-refractivity contribution in [3.8, 4) is 5.75 Å². The molecule has 0 aromatic heterocycles. The summed E-state index contributed by atoms with van der Waals surface area (Å²) in [5.41, 5.74) is 1.22. The fourth-order valence-electron chi connectivity index (χ4n) is 2.08. The monoisotopic (exact) mass is 235 g/mol. The zero-order valence-corrected chi connectivity index (χ0v) is 9.98. The fraction of sp³-hybridized carbons (Fsp3) is 0.462. The Morgan fingerprint density at radius 3 is 2.76 bits per heavy atom. The average molecular weight is 235 g/mol. The van der Waals surface area contributed by atoms with Gasteiger partial charge < -0.3 is 14.7 Å². The Bertz CT molecular complexity index is 411. The van der Waals surface area contributed by atoms with Crippen molar-refractivity contribution in [1.29, 1.82) is 0 Å². The Balaban J connectivity index is 2.25. The van der Waals surface area contributed by atoms with Crippen LogP contribution in [0.5, 0.6) is 5.75 Å². The molecular formula is C13H17NO3. The Morgan fingerprint density at radius 1 is 1.41 bits per heavy atom. The molecule has 0 saturated carbocycles. The number of anilines is 1. The molecule has 0 aliphatic carbocycles. The van der Waals surface area contributed by atoms with E-state index in [1.807, 2.05) is 0 Å². The first-order valence-electron chi connectivity index (χ1n) is 5.97. The van der Waals surface area contributed by atoms with Gasteiger partial charge in [-0.25, -0.2) is 4.79 Å². The summed E-state index contributed by atoms with van der Waals surface area (Å²) in [6.07, 6.45) is 2.26. The summed E-state index contributed by atoms with van der Waals surface area (Å²) in [5, 5.41) is 9.81. The Hall–Kier alpha value is -1.71. The summed E-state index contributed by atoms with van der Waals surface area (Å²) >= 11 is 0. The second kappa shape index (κ2) is 5.08. The van der Waals surface area contributed by atoms with E-state index in [0.717, 1.165) is 31.6 Å². The predicted molar refractivity (Wildman–Crippen MR) is 65.5 cm³/mol. The fourth-order valence-corrected chi connectivity index (χ4v) is 2.08. The molecule has 17 heavy (non-hydrogen) atoms. The summed E-state index contributed by atoms with van der Waals surface area (Å²) in [6, 6.07) is 4.85. The van der Waals surface area contributed by atoms with Gasteiger partial charge in [-0.3, -0.25) is 0 Å². The van der Waals surface area contributed by atoms with Crippen LogP contribution in [0.4, 0.5) is 5.69 Å². The molecule has 1 saturated heterocycles. The maximum absolute atomic E-state index is 11.6. The number of carbonyl (C=O) groups excluding carboxylic acids is 1. The van der Waals surface area contributed by atoms with E-state index in [2.05, 4.69) is 4.90 Å². The van der Waals surface area contributed by atoms with Crippen LogP contribution in [-0.2, 0) is 4.74 Å². The minimum Gasteiger partial charge on any atom is -0.506 e. The largest absolute Gasteiger partial charge is 0.506 e. The van der Waals surface area contributed by atoms with Gasteiger partial charge in [-0.15, -0.1) is 0 Å². The van der Waals surface area contributed by atoms with E-state index in [4.69, 9.17) is 4.74 Å². The van der Waals surface area contributed by atoms with Crippen molar-refractivity contribution >= 4 is 11.7 Å². The third-order valence-electron chi connectivity index (χ3n) is 2.93. The number of hydrogen-bond acceptors (Lipinski definition) is 4. The minimum absolute atomic E-state index is 0.222. The number of rotatable bonds is 3. The molecule has 1 N–H and O–H groups in total. The molecule has 1 fully saturated rings. The van der Waals surface area contributed by atoms with E-state index in [9.17, 15) is 9.90 Å². The van der Waals surface area contributed by atoms with Crippen molar-refractivity contribution in [1.82, 2.24) is 0 Å². The zero-order chi connectivity index (χ0) is 12.3. The molecule has 1 aromatic carbocycles. The summed E-state index contributed by atoms with van der Waals surface area (Å²) < 4.78 is 4.95. The molecule has 4 nitrogen and oxygen atoms in total. The summed E-state index contributed by atoms with van der Waals surface area (Å²) in [5.74, 6) is -0.118. The number of phenols is 1. The van der Waals surface area contributed by atoms with Gasteiger partial charge in [0.05, 0.1) is 17.9 Å². The molecule has 0 unspecified atom stereocenters. The van der Waals surface area contributed by atoms with Crippen LogP contribution < -0.4 is 4.90 Å². The lowest BCUT2D eigenvalue weighted by Gasteiger charge is -2.19. The number of phenolic OH excluding ortho intramolecular Hbond substituents is 1. The third kappa shape index (κ3) is 2.52. The van der Waals surface area contributed by atoms with E-state index in [1.54, 1.807) is 25.1 Å². The van der Waals surface area contributed by atoms with E-state index in [1.165, 1.54) is 0 Å². The van der Waals surface area contributed by atoms with Crippen LogP contribution in [0.1, 0.15) is 30.1 Å². The topological polar surface area (TPSA) is 49.8 Å². The second-order valence-corrected chi connectivity index (χ2v) is 4.12. The molecule has 1 aromatic rings. The van der Waals surface area contributed by atoms with Crippen molar-refractivity contribution in [3.05, 3.63) is 23.8 Å². The normalized spacial score (nSPS) is 15.0. The van der Waals surface area contributed by atoms with Crippen molar-refractivity contribution in [3.63, 3.8) is 0 Å². The van der Waals surface area contributed by atoms with Crippen LogP contribution in [0.25, 0.3) is 0 Å². The van der Waals surface area contributed by atoms with Gasteiger partial charge in [0.15, 0.2) is 0 Å². The van der Waals surface area contributed by atoms with Gasteiger partial charge in [0, 0.05) is 13.1 Å². The standard InChI is InChI=1S/C13H17NO3/c1-2-17-13(16)10-5-6-12(15)11(9-10)14-7-3-4-8-14/h5-6,9,15H,2-4,7-8H2,1H3. The molecule has 0 radical (unpaired) electrons. The van der Waals surface area contributed by atoms with Crippen molar-refractivity contribution in [2.45, 2.75) is 19.8 Å². The number of esters is 1. The first kappa shape index (κ1) is 11.8. The van der Waals surface area contributed by atoms with E-state index >= 15 is 0 Å². The molecule has 92 valence electrons. The lowest BCUT2D eigenvalue weighted by atomic mass is 10.1. The Kier molecular flexibility index (Phi) is 3.52. The molecule has 4 heteroatoms. The minimum atomic E-state index is -0.340. The molecule has 1 aliphatic heterocycles. The van der Waals surface area contributed by atoms with E-state index < -0.39 is 0 Å². The lowest BCUT2D eigenvalue weighted by Crippen LogP contribution is -2.18. The number of hydrogen-bond donors (Lipinski definition) is 1. The zero-order valence-electron chi connectivity index (χ0n) is 9.98. The quantitative estimate of drug-likeness (QED) is 0.816. The summed E-state index contributed by atoms with van der Waals surface area (Å²) in [4.78, 5) is 13.7. The van der Waals surface area contributed by atoms with Crippen LogP contribution in [0.3, 0.4) is 0 Å². The number of nitrogens with zero attached hydrogens (tertiary/aromatic N) is 1. The molecule has 2 rings (SSSR count). The summed E-state index contributed by atoms with van der Waals surface area (Å²) in [7, 11) is 0. The van der Waals surface area contributed by atoms with Gasteiger partial charge in [-0.2, -0.15) is 0 Å².